The van der Waals surface area contributed by atoms with E-state index in [9.17, 15) is 4.79 Å². The van der Waals surface area contributed by atoms with E-state index in [0.29, 0.717) is 12.5 Å². The van der Waals surface area contributed by atoms with Crippen molar-refractivity contribution in [3.05, 3.63) is 41.5 Å². The van der Waals surface area contributed by atoms with Crippen molar-refractivity contribution in [3.8, 4) is 0 Å². The minimum Gasteiger partial charge on any atom is -0.463 e. The molecule has 1 rings (SSSR count). The second-order valence-corrected chi connectivity index (χ2v) is 4.64. The largest absolute Gasteiger partial charge is 0.463 e. The summed E-state index contributed by atoms with van der Waals surface area (Å²) in [7, 11) is 0. The molecule has 0 radical (unpaired) electrons. The fraction of sp³-hybridized carbons (Fsp3) is 0.438. The van der Waals surface area contributed by atoms with Crippen molar-refractivity contribution in [2.24, 2.45) is 0 Å². The molecule has 0 spiro atoms. The Kier molecular flexibility index (Phi) is 6.20. The molecule has 0 amide bonds. The first-order chi connectivity index (χ1) is 8.65. The minimum atomic E-state index is -0.262. The van der Waals surface area contributed by atoms with Gasteiger partial charge in [0, 0.05) is 6.08 Å². The Balaban J connectivity index is 2.63. The summed E-state index contributed by atoms with van der Waals surface area (Å²) < 4.78 is 5.08. The summed E-state index contributed by atoms with van der Waals surface area (Å²) in [5, 5.41) is 0. The average Bonchev–Trinajstić information content (AvgIpc) is 2.37. The number of ether oxygens (including phenoxy) is 1. The van der Waals surface area contributed by atoms with Crippen molar-refractivity contribution in [2.45, 2.75) is 39.5 Å². The van der Waals surface area contributed by atoms with Crippen LogP contribution < -0.4 is 0 Å². The van der Waals surface area contributed by atoms with Crippen molar-refractivity contribution >= 4 is 12.0 Å². The minimum absolute atomic E-state index is 0.262. The molecule has 0 aliphatic carbocycles. The maximum atomic E-state index is 11.5. The summed E-state index contributed by atoms with van der Waals surface area (Å²) in [5.41, 5.74) is 2.33. The summed E-state index contributed by atoms with van der Waals surface area (Å²) >= 11 is 0. The average molecular weight is 246 g/mol. The Labute approximate surface area is 110 Å². The molecule has 0 fully saturated rings. The van der Waals surface area contributed by atoms with Crippen molar-refractivity contribution in [1.29, 1.82) is 0 Å². The molecule has 0 N–H and O–H groups in total. The number of rotatable bonds is 6. The number of unbranched alkanes of at least 4 members (excludes halogenated alkanes) is 1. The van der Waals surface area contributed by atoms with Crippen LogP contribution in [0.2, 0.25) is 0 Å². The van der Waals surface area contributed by atoms with Crippen molar-refractivity contribution in [1.82, 2.24) is 0 Å². The molecule has 0 aliphatic heterocycles. The molecule has 2 nitrogen and oxygen atoms in total. The van der Waals surface area contributed by atoms with Gasteiger partial charge in [0.2, 0.25) is 0 Å². The van der Waals surface area contributed by atoms with Gasteiger partial charge < -0.3 is 4.74 Å². The van der Waals surface area contributed by atoms with E-state index in [1.807, 2.05) is 24.3 Å². The Morgan fingerprint density at radius 1 is 1.33 bits per heavy atom. The van der Waals surface area contributed by atoms with E-state index in [0.717, 1.165) is 18.4 Å². The SMILES string of the molecule is CCCCOC(=O)/C=C/c1ccccc1C(C)C. The van der Waals surface area contributed by atoms with Crippen LogP contribution in [0.3, 0.4) is 0 Å². The monoisotopic (exact) mass is 246 g/mol. The van der Waals surface area contributed by atoms with E-state index in [1.165, 1.54) is 11.6 Å². The van der Waals surface area contributed by atoms with E-state index in [4.69, 9.17) is 4.74 Å². The quantitative estimate of drug-likeness (QED) is 0.428. The van der Waals surface area contributed by atoms with Gasteiger partial charge in [-0.25, -0.2) is 4.79 Å². The zero-order valence-electron chi connectivity index (χ0n) is 11.5. The van der Waals surface area contributed by atoms with Crippen molar-refractivity contribution in [3.63, 3.8) is 0 Å². The second kappa shape index (κ2) is 7.70. The molecule has 0 saturated heterocycles. The predicted molar refractivity (Wildman–Crippen MR) is 75.4 cm³/mol. The summed E-state index contributed by atoms with van der Waals surface area (Å²) in [6.07, 6.45) is 5.30. The Hall–Kier alpha value is -1.57. The van der Waals surface area contributed by atoms with Crippen LogP contribution in [-0.4, -0.2) is 12.6 Å². The molecular formula is C16H22O2. The van der Waals surface area contributed by atoms with Crippen molar-refractivity contribution < 1.29 is 9.53 Å². The smallest absolute Gasteiger partial charge is 0.330 e. The molecule has 0 saturated carbocycles. The Morgan fingerprint density at radius 3 is 2.72 bits per heavy atom. The maximum Gasteiger partial charge on any atom is 0.330 e. The van der Waals surface area contributed by atoms with Crippen LogP contribution in [0, 0.1) is 0 Å². The topological polar surface area (TPSA) is 26.3 Å². The number of hydrogen-bond acceptors (Lipinski definition) is 2. The molecule has 98 valence electrons. The lowest BCUT2D eigenvalue weighted by Gasteiger charge is -2.08. The van der Waals surface area contributed by atoms with Crippen LogP contribution in [-0.2, 0) is 9.53 Å². The predicted octanol–water partition coefficient (Wildman–Crippen LogP) is 4.17. The summed E-state index contributed by atoms with van der Waals surface area (Å²) in [6, 6.07) is 8.11. The Morgan fingerprint density at radius 2 is 2.06 bits per heavy atom. The number of esters is 1. The van der Waals surface area contributed by atoms with E-state index in [2.05, 4.69) is 26.8 Å². The van der Waals surface area contributed by atoms with Crippen molar-refractivity contribution in [2.75, 3.05) is 6.61 Å². The first kappa shape index (κ1) is 14.5. The summed E-state index contributed by atoms with van der Waals surface area (Å²) in [5.74, 6) is 0.184. The third-order valence-electron chi connectivity index (χ3n) is 2.76. The van der Waals surface area contributed by atoms with Gasteiger partial charge in [0.25, 0.3) is 0 Å². The van der Waals surface area contributed by atoms with Gasteiger partial charge in [0.1, 0.15) is 0 Å². The molecule has 1 aromatic rings. The van der Waals surface area contributed by atoms with Gasteiger partial charge in [0.05, 0.1) is 6.61 Å². The van der Waals surface area contributed by atoms with Gasteiger partial charge in [-0.3, -0.25) is 0 Å². The van der Waals surface area contributed by atoms with Crippen LogP contribution in [0.1, 0.15) is 50.7 Å². The van der Waals surface area contributed by atoms with Gasteiger partial charge >= 0.3 is 5.97 Å². The standard InChI is InChI=1S/C16H22O2/c1-4-5-12-18-16(17)11-10-14-8-6-7-9-15(14)13(2)3/h6-11,13H,4-5,12H2,1-3H3/b11-10+. The Bertz CT molecular complexity index is 405. The molecule has 0 aliphatic rings. The molecule has 0 aromatic heterocycles. The highest BCUT2D eigenvalue weighted by molar-refractivity contribution is 5.87. The van der Waals surface area contributed by atoms with Gasteiger partial charge in [-0.2, -0.15) is 0 Å². The maximum absolute atomic E-state index is 11.5. The lowest BCUT2D eigenvalue weighted by molar-refractivity contribution is -0.137. The normalized spacial score (nSPS) is 11.1. The summed E-state index contributed by atoms with van der Waals surface area (Å²) in [6.45, 7) is 6.87. The van der Waals surface area contributed by atoms with E-state index >= 15 is 0 Å². The molecule has 0 atom stereocenters. The van der Waals surface area contributed by atoms with Crippen LogP contribution in [0.15, 0.2) is 30.3 Å². The van der Waals surface area contributed by atoms with Crippen LogP contribution >= 0.6 is 0 Å². The first-order valence-corrected chi connectivity index (χ1v) is 6.59. The molecular weight excluding hydrogens is 224 g/mol. The third kappa shape index (κ3) is 4.74. The molecule has 0 unspecified atom stereocenters. The lowest BCUT2D eigenvalue weighted by Crippen LogP contribution is -2.02. The highest BCUT2D eigenvalue weighted by Gasteiger charge is 2.03. The molecule has 1 aromatic carbocycles. The highest BCUT2D eigenvalue weighted by atomic mass is 16.5. The molecule has 18 heavy (non-hydrogen) atoms. The number of carbonyl (C=O) groups excluding carboxylic acids is 1. The van der Waals surface area contributed by atoms with E-state index in [-0.39, 0.29) is 5.97 Å². The third-order valence-corrected chi connectivity index (χ3v) is 2.76. The molecule has 0 bridgehead atoms. The van der Waals surface area contributed by atoms with Gasteiger partial charge in [-0.1, -0.05) is 51.5 Å². The molecule has 2 heteroatoms. The van der Waals surface area contributed by atoms with Gasteiger partial charge in [-0.15, -0.1) is 0 Å². The molecule has 0 heterocycles. The zero-order valence-corrected chi connectivity index (χ0v) is 11.5. The lowest BCUT2D eigenvalue weighted by atomic mass is 9.97. The van der Waals surface area contributed by atoms with Crippen LogP contribution in [0.4, 0.5) is 0 Å². The first-order valence-electron chi connectivity index (χ1n) is 6.59. The zero-order chi connectivity index (χ0) is 13.4. The number of benzene rings is 1. The second-order valence-electron chi connectivity index (χ2n) is 4.64. The van der Waals surface area contributed by atoms with Crippen LogP contribution in [0.5, 0.6) is 0 Å². The fourth-order valence-corrected chi connectivity index (χ4v) is 1.71. The highest BCUT2D eigenvalue weighted by Crippen LogP contribution is 2.20. The van der Waals surface area contributed by atoms with Gasteiger partial charge in [-0.05, 0) is 29.5 Å². The number of carbonyl (C=O) groups is 1. The van der Waals surface area contributed by atoms with Crippen LogP contribution in [0.25, 0.3) is 6.08 Å². The van der Waals surface area contributed by atoms with E-state index < -0.39 is 0 Å². The summed E-state index contributed by atoms with van der Waals surface area (Å²) in [4.78, 5) is 11.5. The number of hydrogen-bond donors (Lipinski definition) is 0. The van der Waals surface area contributed by atoms with Gasteiger partial charge in [0.15, 0.2) is 0 Å². The van der Waals surface area contributed by atoms with E-state index in [1.54, 1.807) is 0 Å². The fourth-order valence-electron chi connectivity index (χ4n) is 1.71.